The summed E-state index contributed by atoms with van der Waals surface area (Å²) in [5.74, 6) is 0.853. The van der Waals surface area contributed by atoms with Crippen molar-refractivity contribution in [1.82, 2.24) is 15.5 Å². The predicted molar refractivity (Wildman–Crippen MR) is 84.8 cm³/mol. The number of rotatable bonds is 5. The zero-order valence-electron chi connectivity index (χ0n) is 14.2. The van der Waals surface area contributed by atoms with Crippen molar-refractivity contribution in [3.05, 3.63) is 0 Å². The first kappa shape index (κ1) is 17.4. The Kier molecular flexibility index (Phi) is 6.02. The molecule has 0 aliphatic heterocycles. The maximum Gasteiger partial charge on any atom is 0.234 e. The lowest BCUT2D eigenvalue weighted by Crippen LogP contribution is -2.55. The fourth-order valence-corrected chi connectivity index (χ4v) is 3.23. The lowest BCUT2D eigenvalue weighted by Gasteiger charge is -2.45. The van der Waals surface area contributed by atoms with E-state index in [1.165, 1.54) is 25.7 Å². The molecule has 2 atom stereocenters. The Labute approximate surface area is 124 Å². The fraction of sp³-hybridized carbons (Fsp3) is 0.938. The van der Waals surface area contributed by atoms with Gasteiger partial charge in [0.25, 0.3) is 0 Å². The van der Waals surface area contributed by atoms with E-state index in [4.69, 9.17) is 0 Å². The van der Waals surface area contributed by atoms with Gasteiger partial charge in [-0.2, -0.15) is 0 Å². The normalized spacial score (nSPS) is 27.6. The molecule has 1 aliphatic rings. The second-order valence-corrected chi connectivity index (χ2v) is 7.72. The van der Waals surface area contributed by atoms with Gasteiger partial charge in [-0.05, 0) is 53.6 Å². The summed E-state index contributed by atoms with van der Waals surface area (Å²) in [5.41, 5.74) is 0.0526. The lowest BCUT2D eigenvalue weighted by molar-refractivity contribution is -0.121. The van der Waals surface area contributed by atoms with Crippen LogP contribution in [0.2, 0.25) is 0 Å². The van der Waals surface area contributed by atoms with Crippen LogP contribution in [0.3, 0.4) is 0 Å². The number of carbonyl (C=O) groups excluding carboxylic acids is 1. The van der Waals surface area contributed by atoms with Crippen molar-refractivity contribution in [3.8, 4) is 0 Å². The molecular weight excluding hydrogens is 250 g/mol. The van der Waals surface area contributed by atoms with E-state index >= 15 is 0 Å². The summed E-state index contributed by atoms with van der Waals surface area (Å²) in [6, 6.07) is 0. The fourth-order valence-electron chi connectivity index (χ4n) is 3.23. The van der Waals surface area contributed by atoms with Crippen LogP contribution >= 0.6 is 0 Å². The molecule has 0 aromatic carbocycles. The molecule has 0 aromatic rings. The van der Waals surface area contributed by atoms with Crippen molar-refractivity contribution in [3.63, 3.8) is 0 Å². The summed E-state index contributed by atoms with van der Waals surface area (Å²) in [7, 11) is 4.32. The third kappa shape index (κ3) is 5.41. The van der Waals surface area contributed by atoms with E-state index < -0.39 is 0 Å². The molecule has 0 saturated heterocycles. The molecule has 2 N–H and O–H groups in total. The van der Waals surface area contributed by atoms with Crippen LogP contribution in [0, 0.1) is 5.92 Å². The molecule has 0 bridgehead atoms. The summed E-state index contributed by atoms with van der Waals surface area (Å²) in [6.45, 7) is 9.66. The molecule has 1 rings (SSSR count). The van der Waals surface area contributed by atoms with Gasteiger partial charge in [-0.15, -0.1) is 0 Å². The van der Waals surface area contributed by atoms with Crippen LogP contribution in [-0.4, -0.2) is 49.1 Å². The molecule has 1 saturated carbocycles. The number of hydrogen-bond donors (Lipinski definition) is 2. The highest BCUT2D eigenvalue weighted by Gasteiger charge is 2.36. The molecule has 118 valence electrons. The zero-order valence-corrected chi connectivity index (χ0v) is 14.2. The van der Waals surface area contributed by atoms with Crippen LogP contribution < -0.4 is 10.6 Å². The van der Waals surface area contributed by atoms with E-state index in [0.717, 1.165) is 12.5 Å². The first-order valence-electron chi connectivity index (χ1n) is 7.84. The minimum atomic E-state index is -0.155. The van der Waals surface area contributed by atoms with Crippen molar-refractivity contribution >= 4 is 5.91 Å². The Hall–Kier alpha value is -0.610. The molecule has 4 heteroatoms. The van der Waals surface area contributed by atoms with Gasteiger partial charge in [0.05, 0.1) is 6.54 Å². The first-order chi connectivity index (χ1) is 9.15. The van der Waals surface area contributed by atoms with Crippen LogP contribution in [0.1, 0.15) is 53.4 Å². The molecule has 1 aliphatic carbocycles. The molecule has 1 amide bonds. The number of nitrogens with one attached hydrogen (secondary N) is 2. The number of nitrogens with zero attached hydrogens (tertiary/aromatic N) is 1. The lowest BCUT2D eigenvalue weighted by atomic mass is 9.75. The molecule has 20 heavy (non-hydrogen) atoms. The predicted octanol–water partition coefficient (Wildman–Crippen LogP) is 2.00. The van der Waals surface area contributed by atoms with Crippen LogP contribution in [0.4, 0.5) is 0 Å². The molecular formula is C16H33N3O. The molecule has 2 unspecified atom stereocenters. The van der Waals surface area contributed by atoms with Gasteiger partial charge in [0.2, 0.25) is 5.91 Å². The SMILES string of the molecule is CC1CCCC(CNCC(=O)NC(C)(C)C)(N(C)C)C1. The smallest absolute Gasteiger partial charge is 0.234 e. The highest BCUT2D eigenvalue weighted by atomic mass is 16.2. The third-order valence-electron chi connectivity index (χ3n) is 4.27. The summed E-state index contributed by atoms with van der Waals surface area (Å²) in [4.78, 5) is 14.2. The minimum absolute atomic E-state index is 0.0789. The van der Waals surface area contributed by atoms with E-state index in [2.05, 4.69) is 36.6 Å². The van der Waals surface area contributed by atoms with Gasteiger partial charge >= 0.3 is 0 Å². The topological polar surface area (TPSA) is 44.4 Å². The van der Waals surface area contributed by atoms with Gasteiger partial charge in [-0.3, -0.25) is 4.79 Å². The van der Waals surface area contributed by atoms with Crippen LogP contribution in [-0.2, 0) is 4.79 Å². The molecule has 0 heterocycles. The van der Waals surface area contributed by atoms with Crippen LogP contribution in [0.15, 0.2) is 0 Å². The highest BCUT2D eigenvalue weighted by molar-refractivity contribution is 5.78. The average molecular weight is 283 g/mol. The van der Waals surface area contributed by atoms with E-state index in [9.17, 15) is 4.79 Å². The van der Waals surface area contributed by atoms with Gasteiger partial charge < -0.3 is 15.5 Å². The van der Waals surface area contributed by atoms with Gasteiger partial charge in [0.1, 0.15) is 0 Å². The summed E-state index contributed by atoms with van der Waals surface area (Å²) in [5, 5.41) is 6.36. The summed E-state index contributed by atoms with van der Waals surface area (Å²) < 4.78 is 0. The van der Waals surface area contributed by atoms with Crippen molar-refractivity contribution in [1.29, 1.82) is 0 Å². The average Bonchev–Trinajstić information content (AvgIpc) is 2.26. The van der Waals surface area contributed by atoms with E-state index in [1.807, 2.05) is 20.8 Å². The third-order valence-corrected chi connectivity index (χ3v) is 4.27. The summed E-state index contributed by atoms with van der Waals surface area (Å²) >= 11 is 0. The molecule has 4 nitrogen and oxygen atoms in total. The van der Waals surface area contributed by atoms with Crippen LogP contribution in [0.25, 0.3) is 0 Å². The largest absolute Gasteiger partial charge is 0.350 e. The second-order valence-electron chi connectivity index (χ2n) is 7.72. The Balaban J connectivity index is 2.46. The highest BCUT2D eigenvalue weighted by Crippen LogP contribution is 2.35. The maximum atomic E-state index is 11.9. The zero-order chi connectivity index (χ0) is 15.4. The maximum absolute atomic E-state index is 11.9. The van der Waals surface area contributed by atoms with Crippen molar-refractivity contribution in [2.75, 3.05) is 27.2 Å². The second kappa shape index (κ2) is 6.90. The van der Waals surface area contributed by atoms with Gasteiger partial charge in [0, 0.05) is 17.6 Å². The number of amides is 1. The van der Waals surface area contributed by atoms with Crippen LogP contribution in [0.5, 0.6) is 0 Å². The minimum Gasteiger partial charge on any atom is -0.350 e. The number of carbonyl (C=O) groups is 1. The standard InChI is InChI=1S/C16H33N3O/c1-13-8-7-9-16(10-13,19(5)6)12-17-11-14(20)18-15(2,3)4/h13,17H,7-12H2,1-6H3,(H,18,20). The molecule has 0 aromatic heterocycles. The van der Waals surface area contributed by atoms with Gasteiger partial charge in [-0.25, -0.2) is 0 Å². The molecule has 1 fully saturated rings. The number of hydrogen-bond acceptors (Lipinski definition) is 3. The Bertz CT molecular complexity index is 322. The van der Waals surface area contributed by atoms with Gasteiger partial charge in [0.15, 0.2) is 0 Å². The van der Waals surface area contributed by atoms with Gasteiger partial charge in [-0.1, -0.05) is 19.8 Å². The molecule has 0 radical (unpaired) electrons. The Morgan fingerprint density at radius 2 is 2.00 bits per heavy atom. The summed E-state index contributed by atoms with van der Waals surface area (Å²) in [6.07, 6.45) is 5.06. The van der Waals surface area contributed by atoms with E-state index in [0.29, 0.717) is 6.54 Å². The Morgan fingerprint density at radius 1 is 1.35 bits per heavy atom. The number of likely N-dealkylation sites (N-methyl/N-ethyl adjacent to an activating group) is 1. The quantitative estimate of drug-likeness (QED) is 0.811. The van der Waals surface area contributed by atoms with Crippen molar-refractivity contribution < 1.29 is 4.79 Å². The van der Waals surface area contributed by atoms with E-state index in [1.54, 1.807) is 0 Å². The van der Waals surface area contributed by atoms with Crippen molar-refractivity contribution in [2.24, 2.45) is 5.92 Å². The first-order valence-corrected chi connectivity index (χ1v) is 7.84. The molecule has 0 spiro atoms. The van der Waals surface area contributed by atoms with E-state index in [-0.39, 0.29) is 17.0 Å². The Morgan fingerprint density at radius 3 is 2.50 bits per heavy atom. The monoisotopic (exact) mass is 283 g/mol. The van der Waals surface area contributed by atoms with Crippen molar-refractivity contribution in [2.45, 2.75) is 64.5 Å².